The normalized spacial score (nSPS) is 16.4. The van der Waals surface area contributed by atoms with Gasteiger partial charge in [-0.1, -0.05) is 41.1 Å². The number of amides is 2. The Bertz CT molecular complexity index is 945. The summed E-state index contributed by atoms with van der Waals surface area (Å²) in [5, 5.41) is -0.315. The summed E-state index contributed by atoms with van der Waals surface area (Å²) in [5.41, 5.74) is 1.30. The highest BCUT2D eigenvalue weighted by molar-refractivity contribution is 9.10. The molecule has 7 heteroatoms. The van der Waals surface area contributed by atoms with Gasteiger partial charge in [-0.2, -0.15) is 0 Å². The molecule has 1 heterocycles. The van der Waals surface area contributed by atoms with Crippen LogP contribution in [0.4, 0.5) is 10.5 Å². The monoisotopic (exact) mass is 475 g/mol. The van der Waals surface area contributed by atoms with Gasteiger partial charge in [-0.15, -0.1) is 0 Å². The zero-order valence-electron chi connectivity index (χ0n) is 16.5. The third-order valence-corrected chi connectivity index (χ3v) is 5.92. The van der Waals surface area contributed by atoms with Crippen molar-refractivity contribution in [1.82, 2.24) is 0 Å². The summed E-state index contributed by atoms with van der Waals surface area (Å²) < 4.78 is 12.4. The van der Waals surface area contributed by atoms with Crippen LogP contribution in [0, 0.1) is 0 Å². The molecule has 0 spiro atoms. The van der Waals surface area contributed by atoms with Crippen molar-refractivity contribution >= 4 is 50.6 Å². The number of nitrogens with zero attached hydrogens (tertiary/aromatic N) is 1. The average molecular weight is 476 g/mol. The lowest BCUT2D eigenvalue weighted by Gasteiger charge is -2.17. The fraction of sp³-hybridized carbons (Fsp3) is 0.273. The molecule has 152 valence electrons. The average Bonchev–Trinajstić information content (AvgIpc) is 2.99. The lowest BCUT2D eigenvalue weighted by molar-refractivity contribution is -0.113. The molecule has 3 rings (SSSR count). The Labute approximate surface area is 183 Å². The van der Waals surface area contributed by atoms with Gasteiger partial charge in [-0.25, -0.2) is 4.90 Å². The molecule has 0 radical (unpaired) electrons. The highest BCUT2D eigenvalue weighted by atomic mass is 79.9. The largest absolute Gasteiger partial charge is 0.490 e. The van der Waals surface area contributed by atoms with Crippen LogP contribution in [0.5, 0.6) is 11.5 Å². The van der Waals surface area contributed by atoms with Crippen molar-refractivity contribution in [2.24, 2.45) is 0 Å². The van der Waals surface area contributed by atoms with E-state index in [-0.39, 0.29) is 17.3 Å². The van der Waals surface area contributed by atoms with Gasteiger partial charge in [0.05, 0.1) is 23.3 Å². The Morgan fingerprint density at radius 3 is 2.52 bits per heavy atom. The third kappa shape index (κ3) is 4.85. The van der Waals surface area contributed by atoms with Crippen molar-refractivity contribution in [3.05, 3.63) is 57.4 Å². The van der Waals surface area contributed by atoms with Crippen molar-refractivity contribution in [2.75, 3.05) is 11.5 Å². The molecule has 2 amide bonds. The van der Waals surface area contributed by atoms with Crippen LogP contribution in [-0.2, 0) is 4.79 Å². The molecule has 0 aliphatic carbocycles. The van der Waals surface area contributed by atoms with E-state index in [1.807, 2.05) is 32.0 Å². The first kappa shape index (κ1) is 21.5. The van der Waals surface area contributed by atoms with E-state index in [4.69, 9.17) is 9.47 Å². The van der Waals surface area contributed by atoms with Gasteiger partial charge in [0.25, 0.3) is 11.1 Å². The van der Waals surface area contributed by atoms with Gasteiger partial charge in [-0.3, -0.25) is 9.59 Å². The predicted molar refractivity (Wildman–Crippen MR) is 121 cm³/mol. The van der Waals surface area contributed by atoms with Crippen molar-refractivity contribution in [2.45, 2.75) is 33.3 Å². The van der Waals surface area contributed by atoms with Crippen LogP contribution >= 0.6 is 27.7 Å². The number of anilines is 1. The number of hydrogen-bond donors (Lipinski definition) is 0. The smallest absolute Gasteiger partial charge is 0.298 e. The van der Waals surface area contributed by atoms with E-state index in [2.05, 4.69) is 22.9 Å². The summed E-state index contributed by atoms with van der Waals surface area (Å²) >= 11 is 4.47. The minimum atomic E-state index is -0.337. The number of carbonyl (C=O) groups is 2. The van der Waals surface area contributed by atoms with Crippen LogP contribution in [0.3, 0.4) is 0 Å². The Kier molecular flexibility index (Phi) is 7.03. The van der Waals surface area contributed by atoms with Gasteiger partial charge < -0.3 is 9.47 Å². The van der Waals surface area contributed by atoms with E-state index in [1.54, 1.807) is 30.3 Å². The maximum atomic E-state index is 12.8. The molecular weight excluding hydrogens is 454 g/mol. The molecule has 2 aromatic rings. The summed E-state index contributed by atoms with van der Waals surface area (Å²) in [4.78, 5) is 26.8. The van der Waals surface area contributed by atoms with E-state index in [1.165, 1.54) is 4.90 Å². The van der Waals surface area contributed by atoms with Crippen LogP contribution in [0.2, 0.25) is 0 Å². The zero-order valence-corrected chi connectivity index (χ0v) is 18.9. The predicted octanol–water partition coefficient (Wildman–Crippen LogP) is 6.27. The fourth-order valence-corrected chi connectivity index (χ4v) is 4.00. The first-order chi connectivity index (χ1) is 13.9. The number of ether oxygens (including phenoxy) is 2. The van der Waals surface area contributed by atoms with E-state index < -0.39 is 0 Å². The number of carbonyl (C=O) groups excluding carboxylic acids is 2. The zero-order chi connectivity index (χ0) is 21.0. The van der Waals surface area contributed by atoms with Gasteiger partial charge in [0, 0.05) is 4.47 Å². The lowest BCUT2D eigenvalue weighted by Crippen LogP contribution is -2.27. The molecule has 0 N–H and O–H groups in total. The highest BCUT2D eigenvalue weighted by Gasteiger charge is 2.36. The van der Waals surface area contributed by atoms with Gasteiger partial charge in [-0.05, 0) is 67.9 Å². The molecule has 0 bridgehead atoms. The molecule has 1 atom stereocenters. The first-order valence-electron chi connectivity index (χ1n) is 9.40. The van der Waals surface area contributed by atoms with E-state index >= 15 is 0 Å². The van der Waals surface area contributed by atoms with Gasteiger partial charge in [0.15, 0.2) is 11.5 Å². The summed E-state index contributed by atoms with van der Waals surface area (Å²) in [5.74, 6) is 0.906. The maximum Gasteiger partial charge on any atom is 0.298 e. The number of imide groups is 1. The van der Waals surface area contributed by atoms with Gasteiger partial charge >= 0.3 is 0 Å². The highest BCUT2D eigenvalue weighted by Crippen LogP contribution is 2.39. The van der Waals surface area contributed by atoms with Crippen LogP contribution in [0.1, 0.15) is 32.8 Å². The Balaban J connectivity index is 1.94. The lowest BCUT2D eigenvalue weighted by atomic mass is 10.1. The molecule has 1 aliphatic heterocycles. The molecule has 29 heavy (non-hydrogen) atoms. The molecule has 0 saturated carbocycles. The molecule has 5 nitrogen and oxygen atoms in total. The van der Waals surface area contributed by atoms with Crippen molar-refractivity contribution in [3.8, 4) is 11.5 Å². The quantitative estimate of drug-likeness (QED) is 0.441. The topological polar surface area (TPSA) is 55.8 Å². The standard InChI is InChI=1S/C22H22BrNO4S/c1-4-14(3)28-19-13-17(23)15(11-18(19)27-5-2)12-20-21(25)24(22(26)29-20)16-9-7-6-8-10-16/h6-14H,4-5H2,1-3H3/b20-12+/t14-/m1/s1. The molecular formula is C22H22BrNO4S. The minimum Gasteiger partial charge on any atom is -0.490 e. The van der Waals surface area contributed by atoms with E-state index in [0.717, 1.165) is 28.2 Å². The summed E-state index contributed by atoms with van der Waals surface area (Å²) in [7, 11) is 0. The van der Waals surface area contributed by atoms with Crippen molar-refractivity contribution in [3.63, 3.8) is 0 Å². The Hall–Kier alpha value is -2.25. The minimum absolute atomic E-state index is 0.0503. The number of benzene rings is 2. The number of halogens is 1. The van der Waals surface area contributed by atoms with Gasteiger partial charge in [0.2, 0.25) is 0 Å². The van der Waals surface area contributed by atoms with Crippen LogP contribution < -0.4 is 14.4 Å². The van der Waals surface area contributed by atoms with Crippen LogP contribution in [0.15, 0.2) is 51.8 Å². The number of thioether (sulfide) groups is 1. The summed E-state index contributed by atoms with van der Waals surface area (Å²) in [6.07, 6.45) is 2.62. The maximum absolute atomic E-state index is 12.8. The van der Waals surface area contributed by atoms with Crippen LogP contribution in [0.25, 0.3) is 6.08 Å². The van der Waals surface area contributed by atoms with Crippen molar-refractivity contribution < 1.29 is 19.1 Å². The van der Waals surface area contributed by atoms with E-state index in [9.17, 15) is 9.59 Å². The fourth-order valence-electron chi connectivity index (χ4n) is 2.73. The number of hydrogen-bond acceptors (Lipinski definition) is 5. The molecule has 2 aromatic carbocycles. The summed E-state index contributed by atoms with van der Waals surface area (Å²) in [6.45, 7) is 6.44. The Morgan fingerprint density at radius 1 is 1.14 bits per heavy atom. The SMILES string of the molecule is CCOc1cc(/C=C2/SC(=O)N(c3ccccc3)C2=O)c(Br)cc1O[C@H](C)CC. The second kappa shape index (κ2) is 9.50. The second-order valence-corrected chi connectivity index (χ2v) is 8.29. The Morgan fingerprint density at radius 2 is 1.86 bits per heavy atom. The molecule has 1 fully saturated rings. The van der Waals surface area contributed by atoms with Gasteiger partial charge in [0.1, 0.15) is 0 Å². The number of rotatable bonds is 7. The summed E-state index contributed by atoms with van der Waals surface area (Å²) in [6, 6.07) is 12.6. The molecule has 0 unspecified atom stereocenters. The van der Waals surface area contributed by atoms with Crippen molar-refractivity contribution in [1.29, 1.82) is 0 Å². The molecule has 1 aliphatic rings. The van der Waals surface area contributed by atoms with E-state index in [0.29, 0.717) is 28.7 Å². The number of para-hydroxylation sites is 1. The third-order valence-electron chi connectivity index (χ3n) is 4.36. The van der Waals surface area contributed by atoms with Crippen LogP contribution in [-0.4, -0.2) is 23.9 Å². The molecule has 0 aromatic heterocycles. The first-order valence-corrected chi connectivity index (χ1v) is 11.0. The second-order valence-electron chi connectivity index (χ2n) is 6.44. The molecule has 1 saturated heterocycles.